The Morgan fingerprint density at radius 3 is 2.45 bits per heavy atom. The molecule has 0 fully saturated rings. The smallest absolute Gasteiger partial charge is 0.277 e. The summed E-state index contributed by atoms with van der Waals surface area (Å²) >= 11 is 6.03. The summed E-state index contributed by atoms with van der Waals surface area (Å²) in [4.78, 5) is 13.9. The number of rotatable bonds is 6. The van der Waals surface area contributed by atoms with Crippen molar-refractivity contribution in [2.24, 2.45) is 0 Å². The number of nitrogens with one attached hydrogen (secondary N) is 2. The van der Waals surface area contributed by atoms with Gasteiger partial charge in [0.15, 0.2) is 5.69 Å². The molecule has 8 nitrogen and oxygen atoms in total. The molecule has 31 heavy (non-hydrogen) atoms. The predicted octanol–water partition coefficient (Wildman–Crippen LogP) is 3.97. The largest absolute Gasteiger partial charge is 0.321 e. The van der Waals surface area contributed by atoms with Crippen LogP contribution in [0.4, 0.5) is 11.4 Å². The molecule has 0 unspecified atom stereocenters. The number of anilines is 2. The zero-order chi connectivity index (χ0) is 21.8. The maximum Gasteiger partial charge on any atom is 0.277 e. The van der Waals surface area contributed by atoms with Gasteiger partial charge >= 0.3 is 0 Å². The first-order chi connectivity index (χ1) is 14.9. The summed E-state index contributed by atoms with van der Waals surface area (Å²) in [7, 11) is -3.91. The molecule has 0 aliphatic carbocycles. The Kier molecular flexibility index (Phi) is 5.70. The molecule has 2 N–H and O–H groups in total. The summed E-state index contributed by atoms with van der Waals surface area (Å²) in [5.74, 6) is -0.518. The van der Waals surface area contributed by atoms with Crippen LogP contribution < -0.4 is 10.0 Å². The zero-order valence-electron chi connectivity index (χ0n) is 15.9. The van der Waals surface area contributed by atoms with Crippen LogP contribution in [0.3, 0.4) is 0 Å². The Morgan fingerprint density at radius 2 is 1.68 bits per heavy atom. The molecule has 1 amide bonds. The minimum absolute atomic E-state index is 0.0295. The average molecular weight is 454 g/mol. The van der Waals surface area contributed by atoms with Crippen molar-refractivity contribution < 1.29 is 13.2 Å². The molecule has 1 aromatic heterocycles. The highest BCUT2D eigenvalue weighted by atomic mass is 35.5. The van der Waals surface area contributed by atoms with E-state index in [-0.39, 0.29) is 21.3 Å². The van der Waals surface area contributed by atoms with Crippen molar-refractivity contribution in [2.75, 3.05) is 10.0 Å². The van der Waals surface area contributed by atoms with E-state index in [0.29, 0.717) is 11.4 Å². The molecule has 3 aromatic carbocycles. The summed E-state index contributed by atoms with van der Waals surface area (Å²) in [5.41, 5.74) is 1.35. The molecule has 0 atom stereocenters. The van der Waals surface area contributed by atoms with Crippen LogP contribution in [-0.4, -0.2) is 29.3 Å². The number of para-hydroxylation sites is 2. The molecule has 4 rings (SSSR count). The number of amides is 1. The highest BCUT2D eigenvalue weighted by molar-refractivity contribution is 7.92. The van der Waals surface area contributed by atoms with Gasteiger partial charge in [-0.2, -0.15) is 9.90 Å². The normalized spacial score (nSPS) is 11.1. The summed E-state index contributed by atoms with van der Waals surface area (Å²) in [6.07, 6.45) is 1.34. The standard InChI is InChI=1S/C21H16ClN5O3S/c22-18-11-4-5-12-19(18)26-31(29,30)17-10-6-7-15(13-17)24-21(28)20-14-23-27(25-20)16-8-2-1-3-9-16/h1-14,26H,(H,24,28). The van der Waals surface area contributed by atoms with E-state index in [9.17, 15) is 13.2 Å². The van der Waals surface area contributed by atoms with E-state index < -0.39 is 15.9 Å². The second kappa shape index (κ2) is 8.58. The van der Waals surface area contributed by atoms with Crippen molar-refractivity contribution in [3.63, 3.8) is 0 Å². The number of hydrogen-bond acceptors (Lipinski definition) is 5. The second-order valence-corrected chi connectivity index (χ2v) is 8.51. The van der Waals surface area contributed by atoms with Gasteiger partial charge in [0.2, 0.25) is 0 Å². The Balaban J connectivity index is 1.52. The molecule has 0 saturated heterocycles. The van der Waals surface area contributed by atoms with E-state index in [2.05, 4.69) is 20.2 Å². The van der Waals surface area contributed by atoms with Gasteiger partial charge in [0, 0.05) is 5.69 Å². The highest BCUT2D eigenvalue weighted by Gasteiger charge is 2.17. The molecule has 0 bridgehead atoms. The SMILES string of the molecule is O=C(Nc1cccc(S(=O)(=O)Nc2ccccc2Cl)c1)c1cnn(-c2ccccc2)n1. The zero-order valence-corrected chi connectivity index (χ0v) is 17.5. The van der Waals surface area contributed by atoms with Crippen LogP contribution in [0.1, 0.15) is 10.5 Å². The fourth-order valence-electron chi connectivity index (χ4n) is 2.74. The number of carbonyl (C=O) groups is 1. The molecule has 4 aromatic rings. The topological polar surface area (TPSA) is 106 Å². The van der Waals surface area contributed by atoms with Gasteiger partial charge in [0.05, 0.1) is 27.5 Å². The molecule has 1 heterocycles. The Labute approximate surface area is 183 Å². The van der Waals surface area contributed by atoms with Crippen LogP contribution in [-0.2, 0) is 10.0 Å². The van der Waals surface area contributed by atoms with Crippen molar-refractivity contribution in [3.8, 4) is 5.69 Å². The van der Waals surface area contributed by atoms with Crippen LogP contribution in [0.5, 0.6) is 0 Å². The number of benzene rings is 3. The van der Waals surface area contributed by atoms with Crippen molar-refractivity contribution in [2.45, 2.75) is 4.90 Å². The lowest BCUT2D eigenvalue weighted by molar-refractivity contribution is 0.102. The third-order valence-electron chi connectivity index (χ3n) is 4.23. The molecular formula is C21H16ClN5O3S. The number of halogens is 1. The van der Waals surface area contributed by atoms with E-state index >= 15 is 0 Å². The van der Waals surface area contributed by atoms with Gasteiger partial charge in [0.25, 0.3) is 15.9 Å². The number of hydrogen-bond donors (Lipinski definition) is 2. The lowest BCUT2D eigenvalue weighted by Gasteiger charge is -2.11. The van der Waals surface area contributed by atoms with Crippen LogP contribution >= 0.6 is 11.6 Å². The molecule has 0 aliphatic rings. The van der Waals surface area contributed by atoms with E-state index in [0.717, 1.165) is 0 Å². The summed E-state index contributed by atoms with van der Waals surface area (Å²) in [5, 5.41) is 11.2. The van der Waals surface area contributed by atoms with Gasteiger partial charge in [-0.1, -0.05) is 48.0 Å². The van der Waals surface area contributed by atoms with Crippen molar-refractivity contribution in [1.82, 2.24) is 15.0 Å². The Morgan fingerprint density at radius 1 is 0.935 bits per heavy atom. The minimum atomic E-state index is -3.91. The number of sulfonamides is 1. The monoisotopic (exact) mass is 453 g/mol. The van der Waals surface area contributed by atoms with Crippen LogP contribution in [0.2, 0.25) is 5.02 Å². The molecule has 0 spiro atoms. The first kappa shape index (κ1) is 20.6. The lowest BCUT2D eigenvalue weighted by Crippen LogP contribution is -2.15. The minimum Gasteiger partial charge on any atom is -0.321 e. The van der Waals surface area contributed by atoms with Gasteiger partial charge in [-0.05, 0) is 42.5 Å². The number of carbonyl (C=O) groups excluding carboxylic acids is 1. The molecular weight excluding hydrogens is 438 g/mol. The summed E-state index contributed by atoms with van der Waals surface area (Å²) in [6.45, 7) is 0. The maximum atomic E-state index is 12.7. The van der Waals surface area contributed by atoms with E-state index in [1.165, 1.54) is 29.2 Å². The van der Waals surface area contributed by atoms with Gasteiger partial charge in [-0.15, -0.1) is 5.10 Å². The van der Waals surface area contributed by atoms with Crippen molar-refractivity contribution in [3.05, 3.63) is 95.8 Å². The van der Waals surface area contributed by atoms with Crippen LogP contribution in [0.25, 0.3) is 5.69 Å². The second-order valence-electron chi connectivity index (χ2n) is 6.42. The van der Waals surface area contributed by atoms with Gasteiger partial charge in [0.1, 0.15) is 0 Å². The van der Waals surface area contributed by atoms with Gasteiger partial charge < -0.3 is 5.32 Å². The summed E-state index contributed by atoms with van der Waals surface area (Å²) in [6, 6.07) is 21.5. The third-order valence-corrected chi connectivity index (χ3v) is 5.92. The fraction of sp³-hybridized carbons (Fsp3) is 0. The van der Waals surface area contributed by atoms with Gasteiger partial charge in [-0.3, -0.25) is 9.52 Å². The first-order valence-corrected chi connectivity index (χ1v) is 10.9. The molecule has 0 saturated carbocycles. The highest BCUT2D eigenvalue weighted by Crippen LogP contribution is 2.25. The van der Waals surface area contributed by atoms with Crippen LogP contribution in [0.15, 0.2) is 90.0 Å². The first-order valence-electron chi connectivity index (χ1n) is 9.09. The summed E-state index contributed by atoms with van der Waals surface area (Å²) < 4.78 is 27.9. The fourth-order valence-corrected chi connectivity index (χ4v) is 4.10. The van der Waals surface area contributed by atoms with Gasteiger partial charge in [-0.25, -0.2) is 8.42 Å². The molecule has 0 aliphatic heterocycles. The Hall–Kier alpha value is -3.69. The van der Waals surface area contributed by atoms with Crippen LogP contribution in [0, 0.1) is 0 Å². The van der Waals surface area contributed by atoms with E-state index in [1.54, 1.807) is 30.3 Å². The lowest BCUT2D eigenvalue weighted by atomic mass is 10.3. The quantitative estimate of drug-likeness (QED) is 0.459. The maximum absolute atomic E-state index is 12.7. The molecule has 0 radical (unpaired) electrons. The third kappa shape index (κ3) is 4.73. The number of aromatic nitrogens is 3. The predicted molar refractivity (Wildman–Crippen MR) is 118 cm³/mol. The van der Waals surface area contributed by atoms with Crippen molar-refractivity contribution in [1.29, 1.82) is 0 Å². The average Bonchev–Trinajstić information content (AvgIpc) is 3.27. The van der Waals surface area contributed by atoms with E-state index in [4.69, 9.17) is 11.6 Å². The Bertz CT molecular complexity index is 1340. The number of nitrogens with zero attached hydrogens (tertiary/aromatic N) is 3. The van der Waals surface area contributed by atoms with Crippen molar-refractivity contribution >= 4 is 38.9 Å². The molecule has 156 valence electrons. The van der Waals surface area contributed by atoms with E-state index in [1.807, 2.05) is 30.3 Å². The molecule has 10 heteroatoms.